The van der Waals surface area contributed by atoms with E-state index in [-0.39, 0.29) is 59.8 Å². The Morgan fingerprint density at radius 2 is 0.860 bits per heavy atom. The average molecular weight is 1870 g/mol. The molecule has 708 valence electrons. The SMILES string of the molecule is Cc1c(C(=O)CN2CCCCC2)c2ncc(CCN3CCCC3)cc2n1-c1ccc(Cl)cc1.[C-]#[N+]c1ccc(-n2c(C)c(C(=O)CN3CCC(O)CC3)c3ncc(OCCC)cc32)cc1.[C-]#[N+]c1ccc(-n2c(C)c(C(=O)CN3CCCCC3)c3ccc(NC(C)=O)cc32)cc1.[C-]#[N+]c1ccc(-n2c(C)c(C(=O)CN3CCCCC3)c3ncc(CC(=O)NCCS(=O)(=O)C=C(C)C)cc32)cc1. The number of benzene rings is 5. The van der Waals surface area contributed by atoms with Crippen LogP contribution >= 0.6 is 11.6 Å². The molecule has 136 heavy (non-hydrogen) atoms. The van der Waals surface area contributed by atoms with Gasteiger partial charge in [0.2, 0.25) is 11.8 Å². The molecule has 7 aromatic heterocycles. The number of sulfone groups is 1. The first-order chi connectivity index (χ1) is 65.7. The Kier molecular flexibility index (Phi) is 33.8. The summed E-state index contributed by atoms with van der Waals surface area (Å²) in [5.74, 6) is 0.360. The third kappa shape index (κ3) is 24.6. The maximum Gasteiger partial charge on any atom is 0.224 e. The summed E-state index contributed by atoms with van der Waals surface area (Å²) < 4.78 is 38.1. The summed E-state index contributed by atoms with van der Waals surface area (Å²) >= 11 is 6.16. The molecule has 3 N–H and O–H groups in total. The fourth-order valence-corrected chi connectivity index (χ4v) is 20.6. The number of piperidine rings is 4. The molecule has 5 aliphatic rings. The number of aromatic nitrogens is 7. The van der Waals surface area contributed by atoms with Crippen molar-refractivity contribution >= 4 is 123 Å². The Labute approximate surface area is 801 Å². The third-order valence-electron chi connectivity index (χ3n) is 25.9. The van der Waals surface area contributed by atoms with Crippen molar-refractivity contribution in [3.05, 3.63) is 258 Å². The molecule has 0 saturated carbocycles. The highest BCUT2D eigenvalue weighted by Crippen LogP contribution is 2.38. The van der Waals surface area contributed by atoms with Gasteiger partial charge in [-0.3, -0.25) is 58.3 Å². The van der Waals surface area contributed by atoms with E-state index in [0.29, 0.717) is 131 Å². The van der Waals surface area contributed by atoms with Crippen LogP contribution in [-0.4, -0.2) is 229 Å². The summed E-state index contributed by atoms with van der Waals surface area (Å²) in [6.07, 6.45) is 21.4. The number of amides is 2. The zero-order chi connectivity index (χ0) is 96.3. The molecule has 12 aromatic rings. The van der Waals surface area contributed by atoms with Crippen molar-refractivity contribution < 1.29 is 47.0 Å². The second-order valence-electron chi connectivity index (χ2n) is 36.4. The third-order valence-corrected chi connectivity index (χ3v) is 27.8. The van der Waals surface area contributed by atoms with E-state index in [2.05, 4.69) is 70.3 Å². The smallest absolute Gasteiger partial charge is 0.224 e. The Balaban J connectivity index is 0.000000146. The number of carbonyl (C=O) groups excluding carboxylic acids is 6. The van der Waals surface area contributed by atoms with E-state index >= 15 is 0 Å². The number of pyridine rings is 3. The number of fused-ring (bicyclic) bond motifs is 4. The molecule has 27 nitrogen and oxygen atoms in total. The first-order valence-electron chi connectivity index (χ1n) is 47.5. The lowest BCUT2D eigenvalue weighted by molar-refractivity contribution is -0.120. The van der Waals surface area contributed by atoms with Crippen LogP contribution in [0.3, 0.4) is 0 Å². The van der Waals surface area contributed by atoms with E-state index in [0.717, 1.165) is 168 Å². The summed E-state index contributed by atoms with van der Waals surface area (Å²) in [7, 11) is -3.39. The number of rotatable bonds is 29. The summed E-state index contributed by atoms with van der Waals surface area (Å²) in [6.45, 7) is 49.2. The molecule has 5 aromatic carbocycles. The summed E-state index contributed by atoms with van der Waals surface area (Å²) in [5.41, 5.74) is 19.9. The number of aliphatic hydroxyl groups is 1. The maximum absolute atomic E-state index is 13.6. The van der Waals surface area contributed by atoms with Crippen LogP contribution in [0.1, 0.15) is 193 Å². The number of nitrogens with one attached hydrogen (secondary N) is 2. The predicted molar refractivity (Wildman–Crippen MR) is 539 cm³/mol. The molecule has 29 heteroatoms. The predicted octanol–water partition coefficient (Wildman–Crippen LogP) is 19.3. The number of Topliss-reactive ketones (excluding diaryl/α,β-unsaturated/α-hetero) is 4. The van der Waals surface area contributed by atoms with Crippen molar-refractivity contribution in [2.45, 2.75) is 164 Å². The van der Waals surface area contributed by atoms with Crippen LogP contribution in [0, 0.1) is 47.4 Å². The lowest BCUT2D eigenvalue weighted by atomic mass is 10.0. The Bertz CT molecular complexity index is 6640. The number of hydrogen-bond donors (Lipinski definition) is 3. The number of ether oxygens (including phenoxy) is 1. The Morgan fingerprint density at radius 1 is 0.478 bits per heavy atom. The molecule has 0 bridgehead atoms. The largest absolute Gasteiger partial charge is 0.492 e. The van der Waals surface area contributed by atoms with Gasteiger partial charge >= 0.3 is 0 Å². The number of aliphatic hydroxyl groups excluding tert-OH is 1. The van der Waals surface area contributed by atoms with Gasteiger partial charge in [0, 0.05) is 124 Å². The molecule has 0 aliphatic carbocycles. The summed E-state index contributed by atoms with van der Waals surface area (Å²) in [5, 5.41) is 18.1. The minimum absolute atomic E-state index is 0.0106. The van der Waals surface area contributed by atoms with E-state index in [1.165, 1.54) is 75.9 Å². The van der Waals surface area contributed by atoms with Gasteiger partial charge in [0.25, 0.3) is 0 Å². The molecule has 0 radical (unpaired) electrons. The van der Waals surface area contributed by atoms with Crippen molar-refractivity contribution in [2.75, 3.05) is 122 Å². The molecule has 2 amide bonds. The minimum Gasteiger partial charge on any atom is -0.492 e. The van der Waals surface area contributed by atoms with E-state index in [1.54, 1.807) is 62.6 Å². The van der Waals surface area contributed by atoms with Crippen molar-refractivity contribution in [2.24, 2.45) is 0 Å². The van der Waals surface area contributed by atoms with Crippen LogP contribution in [0.5, 0.6) is 5.75 Å². The standard InChI is InChI=1S/C30H35N5O4S.C27H33ClN4O.C25H28N4O3.C25H26N4O2/c1-21(2)20-40(38,39)15-12-32-28(37)17-23-16-26-30(33-18-23)29(27(36)19-34-13-6-5-7-14-34)22(3)35(26)25-10-8-24(31-4)9-11-25;1-20-26(25(33)19-31-14-3-2-4-15-31)27-24(32(20)23-9-7-22(28)8-10-23)17-21(18-29-27)11-16-30-12-5-6-13-30;1-4-13-32-21-14-22-25(27-15-21)24(23(31)16-28-11-9-20(30)10-12-28)17(2)29(22)19-7-5-18(26-3)6-8-19;1-17-25(24(31)16-28-13-5-4-6-14-28)22-12-9-20(27-18(2)30)15-23(22)29(17)21-10-7-19(26-3)8-11-21/h8-11,16,18,20H,5-7,12-15,17,19H2,1-3H3,(H,32,37);7-10,17-18H,2-6,11-16,19H2,1H3;5-8,14-15,20,30H,4,9-13,16H2,1-2H3;7-12,15H,4-6,13-14,16H2,1-2H3,(H,27,30). The van der Waals surface area contributed by atoms with Crippen LogP contribution in [0.4, 0.5) is 22.7 Å². The summed E-state index contributed by atoms with van der Waals surface area (Å²) in [4.78, 5) is 114. The number of nitrogens with zero attached hydrogens (tertiary/aromatic N) is 15. The molecule has 5 aliphatic heterocycles. The highest BCUT2D eigenvalue weighted by molar-refractivity contribution is 7.94. The van der Waals surface area contributed by atoms with Crippen molar-refractivity contribution in [1.82, 2.24) is 63.0 Å². The molecule has 0 unspecified atom stereocenters. The monoisotopic (exact) mass is 1870 g/mol. The van der Waals surface area contributed by atoms with Crippen molar-refractivity contribution in [3.63, 3.8) is 0 Å². The van der Waals surface area contributed by atoms with Crippen molar-refractivity contribution in [1.29, 1.82) is 0 Å². The highest BCUT2D eigenvalue weighted by Gasteiger charge is 2.32. The number of anilines is 1. The lowest BCUT2D eigenvalue weighted by Crippen LogP contribution is -2.39. The number of carbonyl (C=O) groups is 6. The fourth-order valence-electron chi connectivity index (χ4n) is 19.3. The van der Waals surface area contributed by atoms with E-state index in [1.807, 2.05) is 146 Å². The number of ketones is 4. The van der Waals surface area contributed by atoms with Crippen molar-refractivity contribution in [3.8, 4) is 28.5 Å². The first kappa shape index (κ1) is 99.3. The zero-order valence-electron chi connectivity index (χ0n) is 79.2. The quantitative estimate of drug-likeness (QED) is 0.0290. The minimum atomic E-state index is -3.39. The van der Waals surface area contributed by atoms with Gasteiger partial charge in [-0.2, -0.15) is 0 Å². The van der Waals surface area contributed by atoms with Crippen LogP contribution in [0.15, 0.2) is 163 Å². The Morgan fingerprint density at radius 3 is 1.29 bits per heavy atom. The molecule has 5 saturated heterocycles. The van der Waals surface area contributed by atoms with Gasteiger partial charge in [0.1, 0.15) is 5.75 Å². The molecule has 0 atom stereocenters. The normalized spacial score (nSPS) is 15.3. The van der Waals surface area contributed by atoms with Gasteiger partial charge in [-0.25, -0.2) is 27.9 Å². The van der Waals surface area contributed by atoms with Gasteiger partial charge in [0.05, 0.1) is 132 Å². The maximum atomic E-state index is 13.6. The summed E-state index contributed by atoms with van der Waals surface area (Å²) in [6, 6.07) is 41.3. The molecule has 5 fully saturated rings. The second kappa shape index (κ2) is 46.3. The number of halogens is 1. The van der Waals surface area contributed by atoms with Gasteiger partial charge < -0.3 is 43.6 Å². The first-order valence-corrected chi connectivity index (χ1v) is 49.6. The molecule has 0 spiro atoms. The molecule has 17 rings (SSSR count). The number of hydrogen-bond acceptors (Lipinski definition) is 18. The van der Waals surface area contributed by atoms with Crippen LogP contribution in [0.25, 0.3) is 81.3 Å². The van der Waals surface area contributed by atoms with Crippen LogP contribution < -0.4 is 15.4 Å². The van der Waals surface area contributed by atoms with Gasteiger partial charge in [-0.1, -0.05) is 85.8 Å². The van der Waals surface area contributed by atoms with E-state index in [9.17, 15) is 42.3 Å². The number of allylic oxidation sites excluding steroid dienone is 1. The second-order valence-corrected chi connectivity index (χ2v) is 38.8. The van der Waals surface area contributed by atoms with E-state index in [4.69, 9.17) is 41.0 Å². The van der Waals surface area contributed by atoms with Gasteiger partial charge in [-0.15, -0.1) is 0 Å². The lowest BCUT2D eigenvalue weighted by Gasteiger charge is -2.28. The van der Waals surface area contributed by atoms with Gasteiger partial charge in [0.15, 0.2) is 50.0 Å². The van der Waals surface area contributed by atoms with Crippen LogP contribution in [0.2, 0.25) is 5.02 Å². The van der Waals surface area contributed by atoms with Crippen LogP contribution in [-0.2, 0) is 32.3 Å². The van der Waals surface area contributed by atoms with Gasteiger partial charge in [-0.05, 0) is 267 Å². The number of likely N-dealkylation sites (tertiary alicyclic amines) is 5. The molecular weight excluding hydrogens is 1750 g/mol. The molecule has 12 heterocycles. The highest BCUT2D eigenvalue weighted by atomic mass is 35.5. The fraction of sp³-hybridized carbons (Fsp3) is 0.402. The average Bonchev–Trinajstić information content (AvgIpc) is 1.62. The molecular formula is C107H122ClN17O10S. The zero-order valence-corrected chi connectivity index (χ0v) is 80.8. The Hall–Kier alpha value is -12.7. The van der Waals surface area contributed by atoms with E-state index < -0.39 is 9.84 Å². The topological polar surface area (TPSA) is 278 Å².